The van der Waals surface area contributed by atoms with Crippen LogP contribution in [0.25, 0.3) is 0 Å². The van der Waals surface area contributed by atoms with Crippen molar-refractivity contribution < 1.29 is 13.2 Å². The molecule has 0 aliphatic carbocycles. The Morgan fingerprint density at radius 1 is 1.35 bits per heavy atom. The summed E-state index contributed by atoms with van der Waals surface area (Å²) in [6.45, 7) is 1.50. The summed E-state index contributed by atoms with van der Waals surface area (Å²) in [7, 11) is -3.43. The Hall–Kier alpha value is -1.40. The van der Waals surface area contributed by atoms with Crippen LogP contribution < -0.4 is 10.5 Å². The van der Waals surface area contributed by atoms with E-state index in [1.807, 2.05) is 30.3 Å². The van der Waals surface area contributed by atoms with Gasteiger partial charge in [-0.15, -0.1) is 0 Å². The van der Waals surface area contributed by atoms with Gasteiger partial charge in [0.2, 0.25) is 15.9 Å². The molecule has 6 heteroatoms. The molecule has 0 saturated carbocycles. The highest BCUT2D eigenvalue weighted by Gasteiger charge is 2.21. The molecule has 0 radical (unpaired) electrons. The van der Waals surface area contributed by atoms with Crippen molar-refractivity contribution in [2.24, 2.45) is 5.73 Å². The zero-order valence-corrected chi connectivity index (χ0v) is 10.4. The fraction of sp³-hybridized carbons (Fsp3) is 0.364. The number of nitrogens with two attached hydrogens (primary N) is 1. The first kappa shape index (κ1) is 13.7. The topological polar surface area (TPSA) is 89.3 Å². The van der Waals surface area contributed by atoms with Crippen molar-refractivity contribution in [2.75, 3.05) is 5.75 Å². The highest BCUT2D eigenvalue weighted by molar-refractivity contribution is 7.89. The molecule has 5 nitrogen and oxygen atoms in total. The summed E-state index contributed by atoms with van der Waals surface area (Å²) in [5.41, 5.74) is 6.04. The zero-order chi connectivity index (χ0) is 12.9. The van der Waals surface area contributed by atoms with Crippen LogP contribution in [0.15, 0.2) is 30.3 Å². The molecule has 0 aliphatic heterocycles. The number of carbonyl (C=O) groups excluding carboxylic acids is 1. The van der Waals surface area contributed by atoms with Crippen LogP contribution in [0.2, 0.25) is 0 Å². The monoisotopic (exact) mass is 256 g/mol. The van der Waals surface area contributed by atoms with Gasteiger partial charge in [-0.3, -0.25) is 4.79 Å². The number of carbonyl (C=O) groups is 1. The van der Waals surface area contributed by atoms with Gasteiger partial charge in [0.25, 0.3) is 0 Å². The van der Waals surface area contributed by atoms with Crippen LogP contribution in [0.1, 0.15) is 12.5 Å². The van der Waals surface area contributed by atoms with Crippen LogP contribution in [0.5, 0.6) is 0 Å². The molecule has 0 fully saturated rings. The standard InChI is InChI=1S/C11H16N2O3S/c1-2-17(15,16)13-10(11(12)14)8-9-6-4-3-5-7-9/h3-7,10,13H,2,8H2,1H3,(H2,12,14)/t10-/m0/s1. The molecule has 0 spiro atoms. The molecule has 94 valence electrons. The average Bonchev–Trinajstić information content (AvgIpc) is 2.29. The van der Waals surface area contributed by atoms with Crippen LogP contribution in [0, 0.1) is 0 Å². The van der Waals surface area contributed by atoms with Gasteiger partial charge in [-0.05, 0) is 18.9 Å². The fourth-order valence-corrected chi connectivity index (χ4v) is 2.15. The predicted octanol–water partition coefficient (Wildman–Crippen LogP) is 0.0223. The normalized spacial score (nSPS) is 13.2. The Kier molecular flexibility index (Phi) is 4.65. The van der Waals surface area contributed by atoms with E-state index in [1.165, 1.54) is 6.92 Å². The molecule has 0 heterocycles. The molecule has 1 aromatic carbocycles. The van der Waals surface area contributed by atoms with E-state index in [9.17, 15) is 13.2 Å². The van der Waals surface area contributed by atoms with E-state index >= 15 is 0 Å². The molecule has 0 aliphatic rings. The molecule has 0 bridgehead atoms. The molecule has 3 N–H and O–H groups in total. The molecule has 0 aromatic heterocycles. The average molecular weight is 256 g/mol. The third-order valence-electron chi connectivity index (χ3n) is 2.33. The number of hydrogen-bond acceptors (Lipinski definition) is 3. The highest BCUT2D eigenvalue weighted by Crippen LogP contribution is 2.04. The second-order valence-electron chi connectivity index (χ2n) is 3.67. The van der Waals surface area contributed by atoms with Crippen molar-refractivity contribution in [2.45, 2.75) is 19.4 Å². The van der Waals surface area contributed by atoms with Crippen LogP contribution in [-0.4, -0.2) is 26.1 Å². The number of hydrogen-bond donors (Lipinski definition) is 2. The maximum atomic E-state index is 11.4. The molecule has 0 saturated heterocycles. The lowest BCUT2D eigenvalue weighted by atomic mass is 10.1. The number of nitrogens with one attached hydrogen (secondary N) is 1. The molecule has 1 amide bonds. The maximum Gasteiger partial charge on any atom is 0.235 e. The van der Waals surface area contributed by atoms with Crippen LogP contribution >= 0.6 is 0 Å². The van der Waals surface area contributed by atoms with E-state index in [0.717, 1.165) is 5.56 Å². The van der Waals surface area contributed by atoms with Crippen molar-refractivity contribution in [3.63, 3.8) is 0 Å². The first-order chi connectivity index (χ1) is 7.94. The van der Waals surface area contributed by atoms with Crippen molar-refractivity contribution in [3.8, 4) is 0 Å². The number of benzene rings is 1. The van der Waals surface area contributed by atoms with Gasteiger partial charge in [0.1, 0.15) is 6.04 Å². The number of amides is 1. The van der Waals surface area contributed by atoms with E-state index < -0.39 is 22.0 Å². The van der Waals surface area contributed by atoms with Gasteiger partial charge in [-0.25, -0.2) is 13.1 Å². The Labute approximate surface area is 101 Å². The van der Waals surface area contributed by atoms with Gasteiger partial charge < -0.3 is 5.73 Å². The van der Waals surface area contributed by atoms with E-state index in [4.69, 9.17) is 5.73 Å². The maximum absolute atomic E-state index is 11.4. The van der Waals surface area contributed by atoms with Gasteiger partial charge in [-0.2, -0.15) is 0 Å². The van der Waals surface area contributed by atoms with Crippen molar-refractivity contribution in [1.82, 2.24) is 4.72 Å². The Morgan fingerprint density at radius 2 is 1.94 bits per heavy atom. The number of primary amides is 1. The SMILES string of the molecule is CCS(=O)(=O)N[C@@H](Cc1ccccc1)C(N)=O. The van der Waals surface area contributed by atoms with E-state index in [1.54, 1.807) is 0 Å². The lowest BCUT2D eigenvalue weighted by Gasteiger charge is -2.14. The van der Waals surface area contributed by atoms with E-state index in [0.29, 0.717) is 0 Å². The largest absolute Gasteiger partial charge is 0.368 e. The van der Waals surface area contributed by atoms with E-state index in [-0.39, 0.29) is 12.2 Å². The number of sulfonamides is 1. The first-order valence-electron chi connectivity index (χ1n) is 5.28. The van der Waals surface area contributed by atoms with Crippen molar-refractivity contribution in [3.05, 3.63) is 35.9 Å². The second kappa shape index (κ2) is 5.79. The molecule has 1 aromatic rings. The van der Waals surface area contributed by atoms with Gasteiger partial charge in [0.15, 0.2) is 0 Å². The molecule has 1 atom stereocenters. The molecular weight excluding hydrogens is 240 g/mol. The van der Waals surface area contributed by atoms with Crippen molar-refractivity contribution >= 4 is 15.9 Å². The van der Waals surface area contributed by atoms with Crippen LogP contribution in [0.3, 0.4) is 0 Å². The highest BCUT2D eigenvalue weighted by atomic mass is 32.2. The van der Waals surface area contributed by atoms with Gasteiger partial charge in [0.05, 0.1) is 5.75 Å². The zero-order valence-electron chi connectivity index (χ0n) is 9.59. The summed E-state index contributed by atoms with van der Waals surface area (Å²) in [5, 5.41) is 0. The number of rotatable bonds is 6. The summed E-state index contributed by atoms with van der Waals surface area (Å²) in [6.07, 6.45) is 0.259. The summed E-state index contributed by atoms with van der Waals surface area (Å²) in [5.74, 6) is -0.753. The molecule has 1 rings (SSSR count). The van der Waals surface area contributed by atoms with E-state index in [2.05, 4.69) is 4.72 Å². The second-order valence-corrected chi connectivity index (χ2v) is 5.71. The van der Waals surface area contributed by atoms with Gasteiger partial charge >= 0.3 is 0 Å². The predicted molar refractivity (Wildman–Crippen MR) is 65.7 cm³/mol. The van der Waals surface area contributed by atoms with Crippen LogP contribution in [0.4, 0.5) is 0 Å². The summed E-state index contributed by atoms with van der Waals surface area (Å²) in [4.78, 5) is 11.2. The minimum absolute atomic E-state index is 0.0778. The third kappa shape index (κ3) is 4.54. The third-order valence-corrected chi connectivity index (χ3v) is 3.73. The Bertz CT molecular complexity index is 471. The quantitative estimate of drug-likeness (QED) is 0.752. The minimum Gasteiger partial charge on any atom is -0.368 e. The Balaban J connectivity index is 2.78. The molecule has 0 unspecified atom stereocenters. The lowest BCUT2D eigenvalue weighted by molar-refractivity contribution is -0.119. The Morgan fingerprint density at radius 3 is 2.41 bits per heavy atom. The lowest BCUT2D eigenvalue weighted by Crippen LogP contribution is -2.46. The minimum atomic E-state index is -3.43. The first-order valence-corrected chi connectivity index (χ1v) is 6.93. The smallest absolute Gasteiger partial charge is 0.235 e. The molecule has 17 heavy (non-hydrogen) atoms. The fourth-order valence-electron chi connectivity index (χ4n) is 1.35. The van der Waals surface area contributed by atoms with Crippen LogP contribution in [-0.2, 0) is 21.2 Å². The summed E-state index contributed by atoms with van der Waals surface area (Å²) < 4.78 is 25.1. The van der Waals surface area contributed by atoms with Gasteiger partial charge in [0, 0.05) is 0 Å². The summed E-state index contributed by atoms with van der Waals surface area (Å²) >= 11 is 0. The molecular formula is C11H16N2O3S. The van der Waals surface area contributed by atoms with Gasteiger partial charge in [-0.1, -0.05) is 30.3 Å². The summed E-state index contributed by atoms with van der Waals surface area (Å²) in [6, 6.07) is 8.22. The van der Waals surface area contributed by atoms with Crippen molar-refractivity contribution in [1.29, 1.82) is 0 Å².